The van der Waals surface area contributed by atoms with E-state index in [0.717, 1.165) is 11.4 Å². The van der Waals surface area contributed by atoms with Gasteiger partial charge in [-0.25, -0.2) is 0 Å². The van der Waals surface area contributed by atoms with Gasteiger partial charge in [0.2, 0.25) is 0 Å². The number of nitrogens with one attached hydrogen (secondary N) is 2. The first-order valence-corrected chi connectivity index (χ1v) is 7.31. The van der Waals surface area contributed by atoms with E-state index in [4.69, 9.17) is 2.74 Å². The molecule has 0 aromatic heterocycles. The molecule has 3 aliphatic rings. The van der Waals surface area contributed by atoms with Crippen LogP contribution in [0.15, 0.2) is 48.5 Å². The molecule has 2 heteroatoms. The molecule has 2 nitrogen and oxygen atoms in total. The fourth-order valence-corrected chi connectivity index (χ4v) is 4.12. The minimum Gasteiger partial charge on any atom is -0.384 e. The molecule has 20 heavy (non-hydrogen) atoms. The van der Waals surface area contributed by atoms with Gasteiger partial charge >= 0.3 is 0 Å². The van der Waals surface area contributed by atoms with Crippen molar-refractivity contribution in [2.45, 2.75) is 24.3 Å². The number of hydrogen-bond acceptors (Lipinski definition) is 2. The Kier molecular flexibility index (Phi) is 1.71. The summed E-state index contributed by atoms with van der Waals surface area (Å²) in [7, 11) is 0. The van der Waals surface area contributed by atoms with E-state index in [2.05, 4.69) is 34.9 Å². The van der Waals surface area contributed by atoms with Gasteiger partial charge in [-0.3, -0.25) is 0 Å². The summed E-state index contributed by atoms with van der Waals surface area (Å²) in [5.74, 6) is -0.499. The van der Waals surface area contributed by atoms with Crippen molar-refractivity contribution in [3.63, 3.8) is 0 Å². The van der Waals surface area contributed by atoms with Crippen LogP contribution in [0.1, 0.15) is 32.1 Å². The maximum Gasteiger partial charge on any atom is 0.0378 e. The quantitative estimate of drug-likeness (QED) is 0.756. The van der Waals surface area contributed by atoms with Crippen molar-refractivity contribution in [2.24, 2.45) is 5.89 Å². The molecule has 2 aromatic carbocycles. The molecule has 1 aliphatic carbocycles. The molecule has 1 fully saturated rings. The third-order valence-electron chi connectivity index (χ3n) is 4.97. The van der Waals surface area contributed by atoms with Crippen LogP contribution in [0.2, 0.25) is 0 Å². The first kappa shape index (κ1) is 9.06. The lowest BCUT2D eigenvalue weighted by Crippen LogP contribution is -2.34. The second kappa shape index (κ2) is 3.78. The fraction of sp³-hybridized carbons (Fsp3) is 0.333. The van der Waals surface area contributed by atoms with Crippen molar-refractivity contribution in [1.82, 2.24) is 0 Å². The molecule has 2 aliphatic heterocycles. The normalized spacial score (nSPS) is 41.2. The van der Waals surface area contributed by atoms with E-state index in [1.54, 1.807) is 0 Å². The zero-order chi connectivity index (χ0) is 14.9. The maximum absolute atomic E-state index is 9.16. The number of fused-ring (bicyclic) bond motifs is 9. The molecule has 2 N–H and O–H groups in total. The van der Waals surface area contributed by atoms with Crippen LogP contribution in [-0.2, 0) is 0 Å². The lowest BCUT2D eigenvalue weighted by molar-refractivity contribution is 0.459. The van der Waals surface area contributed by atoms with Crippen molar-refractivity contribution in [3.8, 4) is 0 Å². The molecule has 2 aromatic rings. The van der Waals surface area contributed by atoms with Crippen molar-refractivity contribution in [1.29, 1.82) is 0 Å². The highest BCUT2D eigenvalue weighted by Crippen LogP contribution is 2.57. The highest BCUT2D eigenvalue weighted by atomic mass is 15.0. The van der Waals surface area contributed by atoms with Crippen LogP contribution in [0.4, 0.5) is 11.4 Å². The Labute approximate surface area is 122 Å². The average Bonchev–Trinajstić information content (AvgIpc) is 2.70. The fourth-order valence-electron chi connectivity index (χ4n) is 4.12. The van der Waals surface area contributed by atoms with Crippen molar-refractivity contribution >= 4 is 11.4 Å². The third-order valence-corrected chi connectivity index (χ3v) is 4.97. The second-order valence-electron chi connectivity index (χ2n) is 5.92. The molecule has 0 saturated heterocycles. The Morgan fingerprint density at radius 1 is 1.00 bits per heavy atom. The van der Waals surface area contributed by atoms with Gasteiger partial charge in [-0.15, -0.1) is 0 Å². The highest BCUT2D eigenvalue weighted by molar-refractivity contribution is 5.63. The molecular formula is C18H18N2. The summed E-state index contributed by atoms with van der Waals surface area (Å²) in [6.45, 7) is 0.603. The van der Waals surface area contributed by atoms with Gasteiger partial charge in [0.1, 0.15) is 0 Å². The lowest BCUT2D eigenvalue weighted by Gasteiger charge is -2.32. The van der Waals surface area contributed by atoms with Crippen molar-refractivity contribution in [3.05, 3.63) is 59.7 Å². The molecule has 1 saturated carbocycles. The van der Waals surface area contributed by atoms with Crippen LogP contribution in [0.3, 0.4) is 0 Å². The van der Waals surface area contributed by atoms with E-state index in [0.29, 0.717) is 6.54 Å². The van der Waals surface area contributed by atoms with Crippen LogP contribution in [-0.4, -0.2) is 12.6 Å². The van der Waals surface area contributed by atoms with Gasteiger partial charge in [-0.1, -0.05) is 36.4 Å². The van der Waals surface area contributed by atoms with Crippen LogP contribution in [0, 0.1) is 5.89 Å². The summed E-state index contributed by atoms with van der Waals surface area (Å²) in [6, 6.07) is 16.5. The predicted molar refractivity (Wildman–Crippen MR) is 82.4 cm³/mol. The summed E-state index contributed by atoms with van der Waals surface area (Å²) in [5.41, 5.74) is 4.65. The van der Waals surface area contributed by atoms with Crippen molar-refractivity contribution in [2.75, 3.05) is 17.2 Å². The Bertz CT molecular complexity index is 762. The number of hydrogen-bond donors (Lipinski definition) is 2. The number of rotatable bonds is 0. The molecule has 2 bridgehead atoms. The largest absolute Gasteiger partial charge is 0.384 e. The summed E-state index contributed by atoms with van der Waals surface area (Å²) in [5, 5.41) is 6.92. The van der Waals surface area contributed by atoms with E-state index in [9.17, 15) is 0 Å². The Morgan fingerprint density at radius 2 is 1.75 bits per heavy atom. The first-order valence-electron chi connectivity index (χ1n) is 8.38. The number of anilines is 2. The van der Waals surface area contributed by atoms with Crippen LogP contribution < -0.4 is 10.6 Å². The van der Waals surface area contributed by atoms with E-state index < -0.39 is 5.89 Å². The van der Waals surface area contributed by atoms with Gasteiger partial charge in [-0.2, -0.15) is 0 Å². The maximum atomic E-state index is 9.16. The molecule has 100 valence electrons. The van der Waals surface area contributed by atoms with Crippen molar-refractivity contribution < 1.29 is 2.74 Å². The summed E-state index contributed by atoms with van der Waals surface area (Å²) in [6.07, 6.45) is -0.273. The molecule has 1 unspecified atom stereocenters. The average molecular weight is 264 g/mol. The van der Waals surface area contributed by atoms with Gasteiger partial charge in [0.05, 0.1) is 0 Å². The monoisotopic (exact) mass is 264 g/mol. The zero-order valence-electron chi connectivity index (χ0n) is 13.1. The first-order chi connectivity index (χ1) is 10.7. The van der Waals surface area contributed by atoms with E-state index in [1.807, 2.05) is 24.3 Å². The summed E-state index contributed by atoms with van der Waals surface area (Å²) >= 11 is 0. The van der Waals surface area contributed by atoms with Gasteiger partial charge < -0.3 is 10.6 Å². The van der Waals surface area contributed by atoms with Gasteiger partial charge in [0.15, 0.2) is 0 Å². The molecule has 0 amide bonds. The highest BCUT2D eigenvalue weighted by Gasteiger charge is 2.49. The standard InChI is InChI=1S/C18H18N2/c1-4-8-16-11(5-1)13-9-17(20-16)14-10-19-15-7-3-2-6-12(15)18(13)14/h1-8,13-14,17-20H,9-10H2/t13-,14+,17-,18+/m0/s1/i9D,14D/t9?,13-,14+,17-,18+. The van der Waals surface area contributed by atoms with Crippen LogP contribution in [0.25, 0.3) is 0 Å². The lowest BCUT2D eigenvalue weighted by atomic mass is 9.77. The van der Waals surface area contributed by atoms with Gasteiger partial charge in [-0.05, 0) is 41.5 Å². The Morgan fingerprint density at radius 3 is 2.65 bits per heavy atom. The van der Waals surface area contributed by atoms with E-state index in [-0.39, 0.29) is 24.3 Å². The summed E-state index contributed by atoms with van der Waals surface area (Å²) < 4.78 is 17.9. The molecule has 0 spiro atoms. The molecule has 5 atom stereocenters. The van der Waals surface area contributed by atoms with Gasteiger partial charge in [0, 0.05) is 32.6 Å². The molecule has 5 rings (SSSR count). The molecule has 2 heterocycles. The Balaban J connectivity index is 1.77. The molecular weight excluding hydrogens is 244 g/mol. The minimum atomic E-state index is -0.676. The SMILES string of the molecule is [2H]C1[C@H]2c3ccccc3N[C@@H]1[C@@]1([2H])CNc3ccccc3[C@H]21. The predicted octanol–water partition coefficient (Wildman–Crippen LogP) is 3.79. The second-order valence-corrected chi connectivity index (χ2v) is 5.92. The van der Waals surface area contributed by atoms with Crippen LogP contribution in [0.5, 0.6) is 0 Å². The number of para-hydroxylation sites is 2. The zero-order valence-corrected chi connectivity index (χ0v) is 11.1. The van der Waals surface area contributed by atoms with E-state index in [1.165, 1.54) is 11.1 Å². The Hall–Kier alpha value is -1.96. The third kappa shape index (κ3) is 1.29. The minimum absolute atomic E-state index is 0.0774. The summed E-state index contributed by atoms with van der Waals surface area (Å²) in [4.78, 5) is 0. The van der Waals surface area contributed by atoms with E-state index >= 15 is 0 Å². The molecule has 0 radical (unpaired) electrons. The smallest absolute Gasteiger partial charge is 0.0378 e. The van der Waals surface area contributed by atoms with Gasteiger partial charge in [0.25, 0.3) is 0 Å². The van der Waals surface area contributed by atoms with Crippen LogP contribution >= 0.6 is 0 Å². The number of benzene rings is 2. The topological polar surface area (TPSA) is 24.1 Å².